The summed E-state index contributed by atoms with van der Waals surface area (Å²) in [7, 11) is 0. The molecule has 0 aliphatic carbocycles. The van der Waals surface area contributed by atoms with Gasteiger partial charge < -0.3 is 19.9 Å². The molecular weight excluding hydrogens is 426 g/mol. The Morgan fingerprint density at radius 1 is 0.882 bits per heavy atom. The highest BCUT2D eigenvalue weighted by Gasteiger charge is 2.18. The van der Waals surface area contributed by atoms with Crippen molar-refractivity contribution in [1.82, 2.24) is 15.0 Å². The van der Waals surface area contributed by atoms with E-state index in [0.717, 1.165) is 87.8 Å². The van der Waals surface area contributed by atoms with Crippen molar-refractivity contribution in [3.05, 3.63) is 54.4 Å². The van der Waals surface area contributed by atoms with Crippen molar-refractivity contribution in [2.24, 2.45) is 0 Å². The minimum atomic E-state index is 0.507. The average Bonchev–Trinajstić information content (AvgIpc) is 3.39. The maximum atomic E-state index is 9.67. The number of nitrogens with one attached hydrogen (secondary N) is 1. The molecule has 5 rings (SSSR count). The lowest BCUT2D eigenvalue weighted by atomic mass is 10.1. The summed E-state index contributed by atoms with van der Waals surface area (Å²) in [5.74, 6) is 1.27. The Labute approximate surface area is 200 Å². The summed E-state index contributed by atoms with van der Waals surface area (Å²) >= 11 is 0. The van der Waals surface area contributed by atoms with Crippen LogP contribution in [-0.2, 0) is 4.74 Å². The number of pyridine rings is 1. The summed E-state index contributed by atoms with van der Waals surface area (Å²) in [5.41, 5.74) is 4.23. The Morgan fingerprint density at radius 2 is 1.68 bits per heavy atom. The topological polar surface area (TPSA) is 90.2 Å². The second kappa shape index (κ2) is 10.5. The molecule has 0 amide bonds. The van der Waals surface area contributed by atoms with Gasteiger partial charge >= 0.3 is 0 Å². The summed E-state index contributed by atoms with van der Waals surface area (Å²) in [5, 5.41) is 13.0. The average molecular weight is 456 g/mol. The predicted molar refractivity (Wildman–Crippen MR) is 133 cm³/mol. The molecule has 2 aliphatic heterocycles. The van der Waals surface area contributed by atoms with E-state index >= 15 is 0 Å². The number of nitrogens with zero attached hydrogens (tertiary/aromatic N) is 6. The first kappa shape index (κ1) is 22.1. The zero-order valence-corrected chi connectivity index (χ0v) is 19.3. The quantitative estimate of drug-likeness (QED) is 0.607. The molecule has 3 aromatic rings. The van der Waals surface area contributed by atoms with Crippen LogP contribution in [0.1, 0.15) is 31.2 Å². The molecule has 0 unspecified atom stereocenters. The Kier molecular flexibility index (Phi) is 6.82. The number of hydrogen-bond acceptors (Lipinski definition) is 8. The molecule has 4 heterocycles. The minimum absolute atomic E-state index is 0.507. The van der Waals surface area contributed by atoms with Crippen LogP contribution in [0.5, 0.6) is 0 Å². The predicted octanol–water partition coefficient (Wildman–Crippen LogP) is 4.37. The van der Waals surface area contributed by atoms with Gasteiger partial charge in [-0.3, -0.25) is 0 Å². The summed E-state index contributed by atoms with van der Waals surface area (Å²) in [4.78, 5) is 18.2. The Bertz CT molecular complexity index is 1140. The van der Waals surface area contributed by atoms with Gasteiger partial charge in [-0.15, -0.1) is 0 Å². The van der Waals surface area contributed by atoms with E-state index in [9.17, 15) is 5.26 Å². The van der Waals surface area contributed by atoms with Gasteiger partial charge in [-0.2, -0.15) is 5.26 Å². The van der Waals surface area contributed by atoms with E-state index in [1.54, 1.807) is 12.4 Å². The van der Waals surface area contributed by atoms with Crippen molar-refractivity contribution >= 4 is 23.1 Å². The normalized spacial score (nSPS) is 16.6. The molecule has 0 atom stereocenters. The molecule has 174 valence electrons. The summed E-state index contributed by atoms with van der Waals surface area (Å²) in [6.07, 6.45) is 8.05. The summed E-state index contributed by atoms with van der Waals surface area (Å²) < 4.78 is 5.63. The molecule has 0 saturated carbocycles. The molecule has 2 fully saturated rings. The van der Waals surface area contributed by atoms with Crippen LogP contribution in [0.3, 0.4) is 0 Å². The number of anilines is 4. The standard InChI is InChI=1S/C26H29N7O/c27-18-20-17-21(19-29-25(20)33-12-1-2-13-33)24-9-10-28-26(31-24)30-22-5-7-23(8-6-22)32-11-3-4-15-34-16-14-32/h5-10,17,19H,1-4,11-16H2,(H,28,30,31). The first-order valence-electron chi connectivity index (χ1n) is 12.0. The molecule has 8 nitrogen and oxygen atoms in total. The maximum Gasteiger partial charge on any atom is 0.227 e. The third kappa shape index (κ3) is 5.10. The Balaban J connectivity index is 1.30. The van der Waals surface area contributed by atoms with Crippen LogP contribution < -0.4 is 15.1 Å². The third-order valence-electron chi connectivity index (χ3n) is 6.30. The van der Waals surface area contributed by atoms with Crippen LogP contribution in [-0.4, -0.2) is 54.3 Å². The number of nitriles is 1. The van der Waals surface area contributed by atoms with Gasteiger partial charge in [-0.05, 0) is 62.1 Å². The molecule has 0 radical (unpaired) electrons. The molecule has 34 heavy (non-hydrogen) atoms. The maximum absolute atomic E-state index is 9.67. The van der Waals surface area contributed by atoms with Crippen molar-refractivity contribution in [1.29, 1.82) is 5.26 Å². The van der Waals surface area contributed by atoms with Crippen LogP contribution >= 0.6 is 0 Å². The molecule has 1 aromatic carbocycles. The smallest absolute Gasteiger partial charge is 0.227 e. The van der Waals surface area contributed by atoms with E-state index in [2.05, 4.69) is 48.3 Å². The molecule has 2 saturated heterocycles. The second-order valence-corrected chi connectivity index (χ2v) is 8.65. The van der Waals surface area contributed by atoms with E-state index in [1.165, 1.54) is 5.69 Å². The lowest BCUT2D eigenvalue weighted by Gasteiger charge is -2.27. The fraction of sp³-hybridized carbons (Fsp3) is 0.385. The zero-order valence-electron chi connectivity index (χ0n) is 19.3. The van der Waals surface area contributed by atoms with Crippen LogP contribution in [0, 0.1) is 11.3 Å². The number of ether oxygens (including phenoxy) is 1. The third-order valence-corrected chi connectivity index (χ3v) is 6.30. The first-order chi connectivity index (χ1) is 16.8. The molecule has 1 N–H and O–H groups in total. The van der Waals surface area contributed by atoms with E-state index in [4.69, 9.17) is 4.74 Å². The van der Waals surface area contributed by atoms with Gasteiger partial charge in [0.2, 0.25) is 5.95 Å². The lowest BCUT2D eigenvalue weighted by molar-refractivity contribution is 0.129. The van der Waals surface area contributed by atoms with Gasteiger partial charge in [0, 0.05) is 62.1 Å². The van der Waals surface area contributed by atoms with Crippen LogP contribution in [0.2, 0.25) is 0 Å². The van der Waals surface area contributed by atoms with E-state index in [1.807, 2.05) is 24.3 Å². The SMILES string of the molecule is N#Cc1cc(-c2ccnc(Nc3ccc(N4CCCCOCC4)cc3)n2)cnc1N1CCCC1. The summed E-state index contributed by atoms with van der Waals surface area (Å²) in [6, 6.07) is 14.3. The Hall–Kier alpha value is -3.70. The van der Waals surface area contributed by atoms with E-state index in [0.29, 0.717) is 11.5 Å². The van der Waals surface area contributed by atoms with Crippen LogP contribution in [0.4, 0.5) is 23.1 Å². The first-order valence-corrected chi connectivity index (χ1v) is 12.0. The molecule has 2 aliphatic rings. The molecule has 8 heteroatoms. The number of aromatic nitrogens is 3. The molecule has 2 aromatic heterocycles. The largest absolute Gasteiger partial charge is 0.380 e. The van der Waals surface area contributed by atoms with Gasteiger partial charge in [-0.1, -0.05) is 0 Å². The van der Waals surface area contributed by atoms with Gasteiger partial charge in [0.15, 0.2) is 0 Å². The zero-order chi connectivity index (χ0) is 23.2. The number of benzene rings is 1. The van der Waals surface area contributed by atoms with E-state index < -0.39 is 0 Å². The highest BCUT2D eigenvalue weighted by molar-refractivity contribution is 5.67. The molecular formula is C26H29N7O. The highest BCUT2D eigenvalue weighted by atomic mass is 16.5. The second-order valence-electron chi connectivity index (χ2n) is 8.65. The van der Waals surface area contributed by atoms with Gasteiger partial charge in [0.1, 0.15) is 11.9 Å². The minimum Gasteiger partial charge on any atom is -0.380 e. The highest BCUT2D eigenvalue weighted by Crippen LogP contribution is 2.27. The number of rotatable bonds is 5. The van der Waals surface area contributed by atoms with Crippen molar-refractivity contribution in [3.63, 3.8) is 0 Å². The molecule has 0 spiro atoms. The van der Waals surface area contributed by atoms with Crippen molar-refractivity contribution < 1.29 is 4.74 Å². The fourth-order valence-corrected chi connectivity index (χ4v) is 4.48. The van der Waals surface area contributed by atoms with Crippen molar-refractivity contribution in [2.45, 2.75) is 25.7 Å². The van der Waals surface area contributed by atoms with Crippen molar-refractivity contribution in [3.8, 4) is 17.3 Å². The van der Waals surface area contributed by atoms with Crippen LogP contribution in [0.25, 0.3) is 11.3 Å². The number of hydrogen-bond donors (Lipinski definition) is 1. The van der Waals surface area contributed by atoms with E-state index in [-0.39, 0.29) is 0 Å². The van der Waals surface area contributed by atoms with Gasteiger partial charge in [0.25, 0.3) is 0 Å². The fourth-order valence-electron chi connectivity index (χ4n) is 4.48. The lowest BCUT2D eigenvalue weighted by Crippen LogP contribution is -2.30. The summed E-state index contributed by atoms with van der Waals surface area (Å²) in [6.45, 7) is 5.50. The van der Waals surface area contributed by atoms with Crippen LogP contribution in [0.15, 0.2) is 48.8 Å². The molecule has 0 bridgehead atoms. The Morgan fingerprint density at radius 3 is 2.50 bits per heavy atom. The van der Waals surface area contributed by atoms with Crippen molar-refractivity contribution in [2.75, 3.05) is 54.5 Å². The van der Waals surface area contributed by atoms with Gasteiger partial charge in [-0.25, -0.2) is 15.0 Å². The monoisotopic (exact) mass is 455 g/mol. The van der Waals surface area contributed by atoms with Gasteiger partial charge in [0.05, 0.1) is 17.9 Å².